The first kappa shape index (κ1) is 20.7. The molecule has 4 saturated carbocycles. The highest BCUT2D eigenvalue weighted by Gasteiger charge is 2.63. The van der Waals surface area contributed by atoms with Crippen molar-refractivity contribution < 1.29 is 20.1 Å². The van der Waals surface area contributed by atoms with Crippen LogP contribution < -0.4 is 0 Å². The van der Waals surface area contributed by atoms with Gasteiger partial charge >= 0.3 is 5.97 Å². The number of aliphatic hydroxyl groups excluding tert-OH is 2. The van der Waals surface area contributed by atoms with Gasteiger partial charge in [0.15, 0.2) is 0 Å². The van der Waals surface area contributed by atoms with Gasteiger partial charge < -0.3 is 15.3 Å². The van der Waals surface area contributed by atoms with Gasteiger partial charge in [-0.05, 0) is 104 Å². The standard InChI is InChI=1S/C24H40O4/c1-14(4-9-22(27)28)18-7-8-19-17-6-5-15-12-16(25)10-11-23(15,2)20(17)13-21(26)24(18,19)3/h14-21,25-26H,4-13H2,1-3H3,(H,27,28)/t14-,15-,16-,17+,18?,19?,20+,21+,23+,24-/m1/s1. The van der Waals surface area contributed by atoms with E-state index in [0.29, 0.717) is 35.5 Å². The lowest BCUT2D eigenvalue weighted by Crippen LogP contribution is -2.58. The minimum atomic E-state index is -0.707. The van der Waals surface area contributed by atoms with E-state index in [4.69, 9.17) is 5.11 Å². The van der Waals surface area contributed by atoms with E-state index in [1.165, 1.54) is 19.3 Å². The van der Waals surface area contributed by atoms with Crippen molar-refractivity contribution in [3.63, 3.8) is 0 Å². The molecule has 0 spiro atoms. The van der Waals surface area contributed by atoms with Crippen molar-refractivity contribution in [3.8, 4) is 0 Å². The predicted molar refractivity (Wildman–Crippen MR) is 109 cm³/mol. The number of fused-ring (bicyclic) bond motifs is 5. The summed E-state index contributed by atoms with van der Waals surface area (Å²) in [5, 5.41) is 30.8. The van der Waals surface area contributed by atoms with Gasteiger partial charge in [-0.15, -0.1) is 0 Å². The monoisotopic (exact) mass is 392 g/mol. The fourth-order valence-corrected chi connectivity index (χ4v) is 8.71. The second-order valence-electron chi connectivity index (χ2n) is 11.3. The molecule has 10 atom stereocenters. The molecule has 2 unspecified atom stereocenters. The zero-order valence-corrected chi connectivity index (χ0v) is 17.9. The van der Waals surface area contributed by atoms with E-state index in [1.54, 1.807) is 0 Å². The van der Waals surface area contributed by atoms with E-state index in [0.717, 1.165) is 38.5 Å². The Bertz CT molecular complexity index is 605. The van der Waals surface area contributed by atoms with Crippen LogP contribution in [0.15, 0.2) is 0 Å². The van der Waals surface area contributed by atoms with Crippen molar-refractivity contribution in [1.29, 1.82) is 0 Å². The Balaban J connectivity index is 1.56. The molecule has 4 aliphatic carbocycles. The molecular formula is C24H40O4. The number of carboxylic acids is 1. The SMILES string of the molecule is C[C@H](CCC(=O)O)C1CCC2[C@@H]3CC[C@@H]4C[C@H](O)CC[C@]4(C)[C@H]3C[C@H](O)[C@]12C. The zero-order chi connectivity index (χ0) is 20.3. The summed E-state index contributed by atoms with van der Waals surface area (Å²) >= 11 is 0. The lowest BCUT2D eigenvalue weighted by Gasteiger charge is -2.62. The first-order valence-electron chi connectivity index (χ1n) is 11.8. The van der Waals surface area contributed by atoms with Crippen LogP contribution in [0, 0.1) is 46.3 Å². The number of aliphatic hydroxyl groups is 2. The minimum absolute atomic E-state index is 0.0591. The van der Waals surface area contributed by atoms with E-state index in [9.17, 15) is 15.0 Å². The molecule has 4 fully saturated rings. The summed E-state index contributed by atoms with van der Waals surface area (Å²) in [7, 11) is 0. The van der Waals surface area contributed by atoms with Gasteiger partial charge in [-0.2, -0.15) is 0 Å². The third-order valence-corrected chi connectivity index (χ3v) is 10.3. The van der Waals surface area contributed by atoms with Gasteiger partial charge in [0.2, 0.25) is 0 Å². The van der Waals surface area contributed by atoms with Crippen molar-refractivity contribution in [1.82, 2.24) is 0 Å². The van der Waals surface area contributed by atoms with Crippen LogP contribution in [0.2, 0.25) is 0 Å². The largest absolute Gasteiger partial charge is 0.481 e. The molecule has 0 bridgehead atoms. The van der Waals surface area contributed by atoms with E-state index in [1.807, 2.05) is 0 Å². The number of hydrogen-bond donors (Lipinski definition) is 3. The van der Waals surface area contributed by atoms with Crippen LogP contribution in [-0.4, -0.2) is 33.5 Å². The maximum Gasteiger partial charge on any atom is 0.303 e. The summed E-state index contributed by atoms with van der Waals surface area (Å²) in [6, 6.07) is 0. The summed E-state index contributed by atoms with van der Waals surface area (Å²) in [5.41, 5.74) is 0.216. The molecule has 0 aromatic heterocycles. The summed E-state index contributed by atoms with van der Waals surface area (Å²) in [4.78, 5) is 11.1. The van der Waals surface area contributed by atoms with Crippen molar-refractivity contribution in [2.24, 2.45) is 46.3 Å². The number of hydrogen-bond acceptors (Lipinski definition) is 3. The maximum absolute atomic E-state index is 11.5. The van der Waals surface area contributed by atoms with Gasteiger partial charge in [-0.1, -0.05) is 20.8 Å². The summed E-state index contributed by atoms with van der Waals surface area (Å²) in [6.07, 6.45) is 9.26. The highest BCUT2D eigenvalue weighted by Crippen LogP contribution is 2.68. The number of carboxylic acid groups (broad SMARTS) is 1. The lowest BCUT2D eigenvalue weighted by atomic mass is 9.43. The molecule has 0 aromatic rings. The Hall–Kier alpha value is -0.610. The van der Waals surface area contributed by atoms with Crippen LogP contribution in [0.1, 0.15) is 85.0 Å². The first-order valence-corrected chi connectivity index (χ1v) is 11.8. The first-order chi connectivity index (χ1) is 13.2. The molecule has 4 nitrogen and oxygen atoms in total. The number of rotatable bonds is 4. The average molecular weight is 393 g/mol. The van der Waals surface area contributed by atoms with E-state index >= 15 is 0 Å². The summed E-state index contributed by atoms with van der Waals surface area (Å²) < 4.78 is 0. The lowest BCUT2D eigenvalue weighted by molar-refractivity contribution is -0.175. The molecule has 4 rings (SSSR count). The summed E-state index contributed by atoms with van der Waals surface area (Å²) in [6.45, 7) is 6.99. The smallest absolute Gasteiger partial charge is 0.303 e. The quantitative estimate of drug-likeness (QED) is 0.659. The highest BCUT2D eigenvalue weighted by atomic mass is 16.4. The van der Waals surface area contributed by atoms with Crippen molar-refractivity contribution >= 4 is 5.97 Å². The Labute approximate surface area is 170 Å². The van der Waals surface area contributed by atoms with Crippen LogP contribution in [0.25, 0.3) is 0 Å². The third-order valence-electron chi connectivity index (χ3n) is 10.3. The molecule has 4 aliphatic rings. The molecule has 0 aromatic carbocycles. The fourth-order valence-electron chi connectivity index (χ4n) is 8.71. The maximum atomic E-state index is 11.5. The fraction of sp³-hybridized carbons (Fsp3) is 0.958. The topological polar surface area (TPSA) is 77.8 Å². The van der Waals surface area contributed by atoms with Gasteiger partial charge in [0.25, 0.3) is 0 Å². The van der Waals surface area contributed by atoms with E-state index in [2.05, 4.69) is 20.8 Å². The Kier molecular flexibility index (Phi) is 5.36. The number of carbonyl (C=O) groups is 1. The Morgan fingerprint density at radius 2 is 1.79 bits per heavy atom. The van der Waals surface area contributed by atoms with Crippen LogP contribution in [-0.2, 0) is 4.79 Å². The molecule has 160 valence electrons. The second kappa shape index (κ2) is 7.27. The average Bonchev–Trinajstić information content (AvgIpc) is 3.00. The predicted octanol–water partition coefficient (Wildman–Crippen LogP) is 4.48. The van der Waals surface area contributed by atoms with Gasteiger partial charge in [-0.3, -0.25) is 4.79 Å². The molecule has 4 heteroatoms. The van der Waals surface area contributed by atoms with Crippen LogP contribution in [0.5, 0.6) is 0 Å². The molecule has 3 N–H and O–H groups in total. The van der Waals surface area contributed by atoms with Gasteiger partial charge in [0, 0.05) is 6.42 Å². The van der Waals surface area contributed by atoms with Crippen LogP contribution in [0.4, 0.5) is 0 Å². The molecule has 28 heavy (non-hydrogen) atoms. The minimum Gasteiger partial charge on any atom is -0.481 e. The van der Waals surface area contributed by atoms with Crippen molar-refractivity contribution in [3.05, 3.63) is 0 Å². The van der Waals surface area contributed by atoms with Crippen LogP contribution >= 0.6 is 0 Å². The molecule has 0 saturated heterocycles. The second-order valence-corrected chi connectivity index (χ2v) is 11.3. The highest BCUT2D eigenvalue weighted by molar-refractivity contribution is 5.66. The Morgan fingerprint density at radius 1 is 1.04 bits per heavy atom. The molecule has 0 heterocycles. The summed E-state index contributed by atoms with van der Waals surface area (Å²) in [5.74, 6) is 2.55. The van der Waals surface area contributed by atoms with Gasteiger partial charge in [-0.25, -0.2) is 0 Å². The molecule has 0 aliphatic heterocycles. The molecule has 0 radical (unpaired) electrons. The number of aliphatic carboxylic acids is 1. The van der Waals surface area contributed by atoms with Crippen LogP contribution in [0.3, 0.4) is 0 Å². The Morgan fingerprint density at radius 3 is 2.50 bits per heavy atom. The van der Waals surface area contributed by atoms with E-state index < -0.39 is 5.97 Å². The van der Waals surface area contributed by atoms with Crippen molar-refractivity contribution in [2.75, 3.05) is 0 Å². The van der Waals surface area contributed by atoms with Crippen molar-refractivity contribution in [2.45, 2.75) is 97.2 Å². The van der Waals surface area contributed by atoms with Gasteiger partial charge in [0.1, 0.15) is 0 Å². The third kappa shape index (κ3) is 3.05. The molecule has 0 amide bonds. The van der Waals surface area contributed by atoms with E-state index in [-0.39, 0.29) is 29.5 Å². The zero-order valence-electron chi connectivity index (χ0n) is 17.9. The normalized spacial score (nSPS) is 51.7. The van der Waals surface area contributed by atoms with Gasteiger partial charge in [0.05, 0.1) is 12.2 Å². The molecular weight excluding hydrogens is 352 g/mol.